The number of anilines is 1. The molecule has 0 aliphatic carbocycles. The van der Waals surface area contributed by atoms with Gasteiger partial charge in [-0.2, -0.15) is 19.0 Å². The maximum Gasteiger partial charge on any atom is 0.387 e. The van der Waals surface area contributed by atoms with Crippen LogP contribution in [0.2, 0.25) is 5.02 Å². The van der Waals surface area contributed by atoms with Crippen LogP contribution in [0.5, 0.6) is 5.75 Å². The summed E-state index contributed by atoms with van der Waals surface area (Å²) in [5.41, 5.74) is 2.46. The number of hydrogen-bond donors (Lipinski definition) is 2. The Bertz CT molecular complexity index is 1590. The van der Waals surface area contributed by atoms with Crippen LogP contribution in [-0.4, -0.2) is 43.4 Å². The molecule has 0 aliphatic rings. The second-order valence-corrected chi connectivity index (χ2v) is 9.10. The summed E-state index contributed by atoms with van der Waals surface area (Å²) >= 11 is 6.20. The molecule has 5 rings (SSSR count). The molecule has 0 bridgehead atoms. The molecule has 3 aromatic heterocycles. The average molecular weight is 552 g/mol. The minimum absolute atomic E-state index is 0.0995. The summed E-state index contributed by atoms with van der Waals surface area (Å²) in [5, 5.41) is 15.3. The van der Waals surface area contributed by atoms with Gasteiger partial charge in [-0.1, -0.05) is 41.9 Å². The van der Waals surface area contributed by atoms with Gasteiger partial charge in [-0.25, -0.2) is 9.50 Å². The van der Waals surface area contributed by atoms with Crippen LogP contribution in [0.1, 0.15) is 28.9 Å². The molecule has 39 heavy (non-hydrogen) atoms. The lowest BCUT2D eigenvalue weighted by molar-refractivity contribution is -0.0494. The fraction of sp³-hybridized carbons (Fsp3) is 0.185. The predicted molar refractivity (Wildman–Crippen MR) is 143 cm³/mol. The highest BCUT2D eigenvalue weighted by molar-refractivity contribution is 6.31. The molecule has 2 N–H and O–H groups in total. The van der Waals surface area contributed by atoms with E-state index in [0.29, 0.717) is 23.8 Å². The summed E-state index contributed by atoms with van der Waals surface area (Å²) in [5.74, 6) is -0.609. The van der Waals surface area contributed by atoms with Crippen molar-refractivity contribution in [2.24, 2.45) is 0 Å². The number of aromatic nitrogens is 5. The van der Waals surface area contributed by atoms with E-state index in [1.54, 1.807) is 29.3 Å². The monoisotopic (exact) mass is 551 g/mol. The molecule has 1 atom stereocenters. The SMILES string of the molecule is C[C@@H](NCCn1cc(NC(=O)c2cnn3cccnc23)c(-c2cc(Cl)ccc2OC(F)F)n1)c1ccccc1. The van der Waals surface area contributed by atoms with Crippen LogP contribution in [0.3, 0.4) is 0 Å². The van der Waals surface area contributed by atoms with Gasteiger partial charge in [0.1, 0.15) is 17.0 Å². The number of hydrogen-bond acceptors (Lipinski definition) is 6. The Kier molecular flexibility index (Phi) is 7.80. The Balaban J connectivity index is 1.44. The molecule has 0 aliphatic heterocycles. The molecular weight excluding hydrogens is 528 g/mol. The minimum Gasteiger partial charge on any atom is -0.434 e. The molecule has 2 aromatic carbocycles. The standard InChI is InChI=1S/C27H24ClF2N7O2/c1-17(18-6-3-2-4-7-18)31-11-13-36-16-22(34-26(38)21-15-33-37-12-5-10-32-25(21)37)24(35-36)20-14-19(28)8-9-23(20)39-27(29)30/h2-10,12,14-17,27,31H,11,13H2,1H3,(H,34,38)/t17-/m1/s1. The van der Waals surface area contributed by atoms with E-state index in [4.69, 9.17) is 16.3 Å². The van der Waals surface area contributed by atoms with Crippen molar-refractivity contribution in [1.29, 1.82) is 0 Å². The number of benzene rings is 2. The van der Waals surface area contributed by atoms with E-state index in [1.807, 2.05) is 30.3 Å². The van der Waals surface area contributed by atoms with Gasteiger partial charge in [-0.05, 0) is 36.8 Å². The van der Waals surface area contributed by atoms with E-state index in [-0.39, 0.29) is 34.3 Å². The van der Waals surface area contributed by atoms with E-state index in [9.17, 15) is 13.6 Å². The maximum absolute atomic E-state index is 13.2. The molecule has 1 amide bonds. The van der Waals surface area contributed by atoms with Gasteiger partial charge < -0.3 is 15.4 Å². The minimum atomic E-state index is -3.06. The smallest absolute Gasteiger partial charge is 0.387 e. The van der Waals surface area contributed by atoms with E-state index in [1.165, 1.54) is 28.9 Å². The first kappa shape index (κ1) is 26.3. The van der Waals surface area contributed by atoms with E-state index in [0.717, 1.165) is 5.56 Å². The van der Waals surface area contributed by atoms with Crippen molar-refractivity contribution in [1.82, 2.24) is 29.7 Å². The van der Waals surface area contributed by atoms with E-state index >= 15 is 0 Å². The van der Waals surface area contributed by atoms with Crippen molar-refractivity contribution in [3.05, 3.63) is 95.5 Å². The third kappa shape index (κ3) is 6.05. The largest absolute Gasteiger partial charge is 0.434 e. The van der Waals surface area contributed by atoms with Gasteiger partial charge in [0.2, 0.25) is 0 Å². The van der Waals surface area contributed by atoms with E-state index < -0.39 is 12.5 Å². The van der Waals surface area contributed by atoms with Gasteiger partial charge in [-0.15, -0.1) is 0 Å². The fourth-order valence-electron chi connectivity index (χ4n) is 4.14. The van der Waals surface area contributed by atoms with Gasteiger partial charge in [0.05, 0.1) is 18.4 Å². The highest BCUT2D eigenvalue weighted by atomic mass is 35.5. The number of rotatable bonds is 10. The number of carbonyl (C=O) groups is 1. The summed E-state index contributed by atoms with van der Waals surface area (Å²) in [4.78, 5) is 17.5. The predicted octanol–water partition coefficient (Wildman–Crippen LogP) is 5.45. The van der Waals surface area contributed by atoms with Gasteiger partial charge >= 0.3 is 6.61 Å². The van der Waals surface area contributed by atoms with Crippen LogP contribution in [0, 0.1) is 0 Å². The Morgan fingerprint density at radius 3 is 2.77 bits per heavy atom. The topological polar surface area (TPSA) is 98.4 Å². The van der Waals surface area contributed by atoms with Crippen molar-refractivity contribution in [3.8, 4) is 17.0 Å². The number of alkyl halides is 2. The van der Waals surface area contributed by atoms with Crippen molar-refractivity contribution >= 4 is 28.8 Å². The van der Waals surface area contributed by atoms with Crippen molar-refractivity contribution in [3.63, 3.8) is 0 Å². The zero-order valence-electron chi connectivity index (χ0n) is 20.8. The van der Waals surface area contributed by atoms with Crippen LogP contribution >= 0.6 is 11.6 Å². The molecule has 0 saturated carbocycles. The molecule has 0 spiro atoms. The maximum atomic E-state index is 13.2. The first-order valence-electron chi connectivity index (χ1n) is 12.1. The number of fused-ring (bicyclic) bond motifs is 1. The van der Waals surface area contributed by atoms with Crippen LogP contribution in [0.4, 0.5) is 14.5 Å². The molecule has 3 heterocycles. The number of carbonyl (C=O) groups excluding carboxylic acids is 1. The molecule has 200 valence electrons. The first-order valence-corrected chi connectivity index (χ1v) is 12.5. The summed E-state index contributed by atoms with van der Waals surface area (Å²) in [6.45, 7) is -0.0131. The molecule has 0 radical (unpaired) electrons. The highest BCUT2D eigenvalue weighted by Crippen LogP contribution is 2.37. The lowest BCUT2D eigenvalue weighted by atomic mass is 10.1. The molecule has 12 heteroatoms. The van der Waals surface area contributed by atoms with Gasteiger partial charge in [0.15, 0.2) is 5.65 Å². The Morgan fingerprint density at radius 1 is 1.15 bits per heavy atom. The number of halogens is 3. The van der Waals surface area contributed by atoms with Crippen molar-refractivity contribution < 1.29 is 18.3 Å². The zero-order valence-corrected chi connectivity index (χ0v) is 21.5. The van der Waals surface area contributed by atoms with Crippen LogP contribution < -0.4 is 15.4 Å². The molecule has 5 aromatic rings. The molecular formula is C27H24ClF2N7O2. The zero-order chi connectivity index (χ0) is 27.4. The van der Waals surface area contributed by atoms with Gasteiger partial charge in [0.25, 0.3) is 5.91 Å². The number of amides is 1. The van der Waals surface area contributed by atoms with Gasteiger partial charge in [0, 0.05) is 41.8 Å². The quantitative estimate of drug-likeness (QED) is 0.239. The molecule has 0 unspecified atom stereocenters. The Morgan fingerprint density at radius 2 is 1.97 bits per heavy atom. The summed E-state index contributed by atoms with van der Waals surface area (Å²) in [6.07, 6.45) is 6.27. The summed E-state index contributed by atoms with van der Waals surface area (Å²) in [7, 11) is 0. The summed E-state index contributed by atoms with van der Waals surface area (Å²) < 4.78 is 34.2. The molecule has 0 saturated heterocycles. The number of nitrogens with one attached hydrogen (secondary N) is 2. The van der Waals surface area contributed by atoms with E-state index in [2.05, 4.69) is 32.7 Å². The van der Waals surface area contributed by atoms with Crippen LogP contribution in [0.25, 0.3) is 16.9 Å². The normalized spacial score (nSPS) is 12.1. The second kappa shape index (κ2) is 11.6. The third-order valence-corrected chi connectivity index (χ3v) is 6.27. The van der Waals surface area contributed by atoms with Crippen LogP contribution in [0.15, 0.2) is 79.4 Å². The first-order chi connectivity index (χ1) is 18.9. The summed E-state index contributed by atoms with van der Waals surface area (Å²) in [6, 6.07) is 16.0. The molecule has 9 nitrogen and oxygen atoms in total. The second-order valence-electron chi connectivity index (χ2n) is 8.66. The van der Waals surface area contributed by atoms with Crippen molar-refractivity contribution in [2.45, 2.75) is 26.1 Å². The lowest BCUT2D eigenvalue weighted by Gasteiger charge is -2.14. The van der Waals surface area contributed by atoms with Crippen LogP contribution in [-0.2, 0) is 6.54 Å². The number of nitrogens with zero attached hydrogens (tertiary/aromatic N) is 5. The Labute approximate surface area is 227 Å². The van der Waals surface area contributed by atoms with Gasteiger partial charge in [-0.3, -0.25) is 9.48 Å². The average Bonchev–Trinajstić information content (AvgIpc) is 3.54. The lowest BCUT2D eigenvalue weighted by Crippen LogP contribution is -2.23. The highest BCUT2D eigenvalue weighted by Gasteiger charge is 2.22. The van der Waals surface area contributed by atoms with Crippen molar-refractivity contribution in [2.75, 3.05) is 11.9 Å². The molecule has 0 fully saturated rings. The third-order valence-electron chi connectivity index (χ3n) is 6.04. The number of ether oxygens (including phenoxy) is 1. The Hall–Kier alpha value is -4.35. The fourth-order valence-corrected chi connectivity index (χ4v) is 4.32.